The second-order valence-corrected chi connectivity index (χ2v) is 6.82. The lowest BCUT2D eigenvalue weighted by molar-refractivity contribution is -0.124. The lowest BCUT2D eigenvalue weighted by Gasteiger charge is -2.19. The topological polar surface area (TPSA) is 132 Å². The van der Waals surface area contributed by atoms with Crippen molar-refractivity contribution in [2.75, 3.05) is 6.54 Å². The largest absolute Gasteiger partial charge is 0.445 e. The summed E-state index contributed by atoms with van der Waals surface area (Å²) in [5.41, 5.74) is 5.95. The van der Waals surface area contributed by atoms with Crippen LogP contribution in [0.5, 0.6) is 0 Å². The molecule has 10 heteroatoms. The van der Waals surface area contributed by atoms with Gasteiger partial charge in [-0.2, -0.15) is 0 Å². The van der Waals surface area contributed by atoms with E-state index in [1.54, 1.807) is 0 Å². The van der Waals surface area contributed by atoms with Crippen molar-refractivity contribution < 1.29 is 24.0 Å². The summed E-state index contributed by atoms with van der Waals surface area (Å²) < 4.78 is 5.77. The van der Waals surface area contributed by atoms with Gasteiger partial charge in [0.2, 0.25) is 11.8 Å². The van der Waals surface area contributed by atoms with Crippen LogP contribution >= 0.6 is 15.9 Å². The average molecular weight is 441 g/mol. The van der Waals surface area contributed by atoms with E-state index in [0.717, 1.165) is 5.56 Å². The Morgan fingerprint density at radius 1 is 1.33 bits per heavy atom. The van der Waals surface area contributed by atoms with Gasteiger partial charge < -0.3 is 25.9 Å². The van der Waals surface area contributed by atoms with Gasteiger partial charge in [-0.3, -0.25) is 9.59 Å². The third-order valence-corrected chi connectivity index (χ3v) is 4.17. The molecule has 1 aliphatic rings. The van der Waals surface area contributed by atoms with Gasteiger partial charge in [0.25, 0.3) is 0 Å². The number of nitrogens with two attached hydrogens (primary N) is 1. The zero-order valence-corrected chi connectivity index (χ0v) is 16.1. The van der Waals surface area contributed by atoms with Gasteiger partial charge in [-0.05, 0) is 27.9 Å². The van der Waals surface area contributed by atoms with E-state index in [1.807, 2.05) is 30.3 Å². The zero-order valence-electron chi connectivity index (χ0n) is 14.5. The maximum absolute atomic E-state index is 12.4. The summed E-state index contributed by atoms with van der Waals surface area (Å²) in [7, 11) is 0. The van der Waals surface area contributed by atoms with Crippen LogP contribution in [0.2, 0.25) is 0 Å². The van der Waals surface area contributed by atoms with E-state index in [0.29, 0.717) is 11.0 Å². The summed E-state index contributed by atoms with van der Waals surface area (Å²) >= 11 is 3.21. The third kappa shape index (κ3) is 7.65. The molecule has 1 aromatic carbocycles. The van der Waals surface area contributed by atoms with Crippen LogP contribution in [-0.4, -0.2) is 41.2 Å². The quantitative estimate of drug-likeness (QED) is 0.529. The molecule has 0 bridgehead atoms. The first-order valence-electron chi connectivity index (χ1n) is 8.35. The van der Waals surface area contributed by atoms with Gasteiger partial charge in [0.15, 0.2) is 6.10 Å². The number of ether oxygens (including phenoxy) is 1. The standard InChI is InChI=1S/C17H21BrN4O5/c18-14-8-12(27-22-14)9-20-16(24)13(6-7-15(19)23)21-17(25)26-10-11-4-2-1-3-5-11/h1-5,12-13H,6-10H2,(H2,19,23)(H,20,24)(H,21,25)/t12?,13-/m0/s1. The van der Waals surface area contributed by atoms with Gasteiger partial charge in [-0.25, -0.2) is 4.79 Å². The maximum atomic E-state index is 12.4. The summed E-state index contributed by atoms with van der Waals surface area (Å²) in [6.45, 7) is 0.281. The van der Waals surface area contributed by atoms with Crippen LogP contribution in [0.1, 0.15) is 24.8 Å². The lowest BCUT2D eigenvalue weighted by atomic mass is 10.1. The molecule has 1 aliphatic heterocycles. The van der Waals surface area contributed by atoms with Crippen LogP contribution in [0.4, 0.5) is 4.79 Å². The van der Waals surface area contributed by atoms with Crippen molar-refractivity contribution in [1.82, 2.24) is 10.6 Å². The fourth-order valence-electron chi connectivity index (χ4n) is 2.30. The van der Waals surface area contributed by atoms with Gasteiger partial charge in [0.1, 0.15) is 17.3 Å². The lowest BCUT2D eigenvalue weighted by Crippen LogP contribution is -2.48. The number of nitrogens with zero attached hydrogens (tertiary/aromatic N) is 1. The van der Waals surface area contributed by atoms with E-state index in [1.165, 1.54) is 0 Å². The number of nitrogens with one attached hydrogen (secondary N) is 2. The van der Waals surface area contributed by atoms with Crippen LogP contribution < -0.4 is 16.4 Å². The molecule has 0 saturated carbocycles. The Bertz CT molecular complexity index is 698. The molecule has 1 unspecified atom stereocenters. The van der Waals surface area contributed by atoms with Crippen LogP contribution in [0.3, 0.4) is 0 Å². The number of benzene rings is 1. The molecule has 2 rings (SSSR count). The van der Waals surface area contributed by atoms with Crippen LogP contribution in [0.15, 0.2) is 35.5 Å². The SMILES string of the molecule is NC(=O)CC[C@H](NC(=O)OCc1ccccc1)C(=O)NCC1CC(Br)=NO1. The van der Waals surface area contributed by atoms with Crippen molar-refractivity contribution in [3.8, 4) is 0 Å². The van der Waals surface area contributed by atoms with Crippen molar-refractivity contribution in [2.24, 2.45) is 10.9 Å². The molecule has 3 amide bonds. The van der Waals surface area contributed by atoms with Crippen LogP contribution in [0.25, 0.3) is 0 Å². The normalized spacial score (nSPS) is 16.6. The van der Waals surface area contributed by atoms with Crippen LogP contribution in [0, 0.1) is 0 Å². The summed E-state index contributed by atoms with van der Waals surface area (Å²) in [4.78, 5) is 40.5. The van der Waals surface area contributed by atoms with E-state index in [9.17, 15) is 14.4 Å². The van der Waals surface area contributed by atoms with Gasteiger partial charge >= 0.3 is 6.09 Å². The van der Waals surface area contributed by atoms with Crippen molar-refractivity contribution in [2.45, 2.75) is 38.0 Å². The average Bonchev–Trinajstić information content (AvgIpc) is 3.07. The Balaban J connectivity index is 1.83. The minimum atomic E-state index is -0.952. The predicted octanol–water partition coefficient (Wildman–Crippen LogP) is 1.16. The second-order valence-electron chi connectivity index (χ2n) is 5.91. The molecule has 0 aromatic heterocycles. The molecule has 0 spiro atoms. The molecular formula is C17H21BrN4O5. The highest BCUT2D eigenvalue weighted by Gasteiger charge is 2.25. The number of oxime groups is 1. The first-order chi connectivity index (χ1) is 12.9. The minimum Gasteiger partial charge on any atom is -0.445 e. The zero-order chi connectivity index (χ0) is 19.6. The summed E-state index contributed by atoms with van der Waals surface area (Å²) in [5.74, 6) is -1.02. The first kappa shape index (κ1) is 20.7. The predicted molar refractivity (Wildman–Crippen MR) is 101 cm³/mol. The van der Waals surface area contributed by atoms with Gasteiger partial charge in [0.05, 0.1) is 6.54 Å². The van der Waals surface area contributed by atoms with E-state index < -0.39 is 23.9 Å². The highest BCUT2D eigenvalue weighted by Crippen LogP contribution is 2.13. The molecule has 0 aliphatic carbocycles. The molecule has 27 heavy (non-hydrogen) atoms. The molecule has 2 atom stereocenters. The Morgan fingerprint density at radius 2 is 2.07 bits per heavy atom. The third-order valence-electron chi connectivity index (χ3n) is 3.70. The smallest absolute Gasteiger partial charge is 0.408 e. The molecule has 9 nitrogen and oxygen atoms in total. The summed E-state index contributed by atoms with van der Waals surface area (Å²) in [6, 6.07) is 8.18. The van der Waals surface area contributed by atoms with Crippen molar-refractivity contribution >= 4 is 38.5 Å². The van der Waals surface area contributed by atoms with Crippen molar-refractivity contribution in [1.29, 1.82) is 0 Å². The number of carbonyl (C=O) groups excluding carboxylic acids is 3. The summed E-state index contributed by atoms with van der Waals surface area (Å²) in [6.07, 6.45) is -0.491. The Morgan fingerprint density at radius 3 is 2.70 bits per heavy atom. The number of hydrogen-bond acceptors (Lipinski definition) is 6. The molecule has 0 fully saturated rings. The van der Waals surface area contributed by atoms with Gasteiger partial charge in [0, 0.05) is 12.8 Å². The number of carbonyl (C=O) groups is 3. The first-order valence-corrected chi connectivity index (χ1v) is 9.14. The highest BCUT2D eigenvalue weighted by molar-refractivity contribution is 9.18. The van der Waals surface area contributed by atoms with E-state index >= 15 is 0 Å². The maximum Gasteiger partial charge on any atom is 0.408 e. The molecule has 0 saturated heterocycles. The number of rotatable bonds is 9. The molecule has 1 aromatic rings. The fourth-order valence-corrected chi connectivity index (χ4v) is 2.75. The molecule has 146 valence electrons. The molecule has 4 N–H and O–H groups in total. The van der Waals surface area contributed by atoms with E-state index in [-0.39, 0.29) is 32.1 Å². The Hall–Kier alpha value is -2.62. The Kier molecular flexibility index (Phi) is 8.05. The number of alkyl carbamates (subject to hydrolysis) is 1. The Labute approximate surface area is 164 Å². The van der Waals surface area contributed by atoms with Crippen LogP contribution in [-0.2, 0) is 25.8 Å². The van der Waals surface area contributed by atoms with Gasteiger partial charge in [-0.1, -0.05) is 35.5 Å². The number of amides is 3. The molecule has 1 heterocycles. The van der Waals surface area contributed by atoms with Gasteiger partial charge in [-0.15, -0.1) is 0 Å². The fraction of sp³-hybridized carbons (Fsp3) is 0.412. The molecule has 0 radical (unpaired) electrons. The molecular weight excluding hydrogens is 420 g/mol. The second kappa shape index (κ2) is 10.5. The van der Waals surface area contributed by atoms with Crippen molar-refractivity contribution in [3.05, 3.63) is 35.9 Å². The minimum absolute atomic E-state index is 0.0500. The highest BCUT2D eigenvalue weighted by atomic mass is 79.9. The van der Waals surface area contributed by atoms with Crippen molar-refractivity contribution in [3.63, 3.8) is 0 Å². The van der Waals surface area contributed by atoms with E-state index in [2.05, 4.69) is 31.7 Å². The van der Waals surface area contributed by atoms with E-state index in [4.69, 9.17) is 15.3 Å². The summed E-state index contributed by atoms with van der Waals surface area (Å²) in [5, 5.41) is 8.87. The monoisotopic (exact) mass is 440 g/mol. The number of hydrogen-bond donors (Lipinski definition) is 3. The number of primary amides is 1. The number of halogens is 1.